The van der Waals surface area contributed by atoms with Crippen LogP contribution >= 0.6 is 34.8 Å². The lowest BCUT2D eigenvalue weighted by atomic mass is 10.1. The van der Waals surface area contributed by atoms with Crippen LogP contribution in [0.5, 0.6) is 0 Å². The molecule has 4 heterocycles. The molecule has 0 radical (unpaired) electrons. The van der Waals surface area contributed by atoms with E-state index in [9.17, 15) is 20.2 Å². The maximum Gasteiger partial charge on any atom is 0.348 e. The second-order valence-corrected chi connectivity index (χ2v) is 12.8. The molecular formula is C26H39Cl3N8O6. The van der Waals surface area contributed by atoms with Crippen LogP contribution in [0.3, 0.4) is 0 Å². The molecule has 43 heavy (non-hydrogen) atoms. The number of halogens is 3. The van der Waals surface area contributed by atoms with Crippen molar-refractivity contribution in [3.05, 3.63) is 48.3 Å². The van der Waals surface area contributed by atoms with Gasteiger partial charge in [0.1, 0.15) is 12.7 Å². The summed E-state index contributed by atoms with van der Waals surface area (Å²) in [5.41, 5.74) is -0.843. The van der Waals surface area contributed by atoms with Crippen LogP contribution in [-0.4, -0.2) is 79.4 Å². The maximum atomic E-state index is 11.1. The van der Waals surface area contributed by atoms with E-state index < -0.39 is 15.5 Å². The quantitative estimate of drug-likeness (QED) is 0.222. The summed E-state index contributed by atoms with van der Waals surface area (Å²) >= 11 is 16.5. The van der Waals surface area contributed by atoms with E-state index in [0.717, 1.165) is 45.1 Å². The van der Waals surface area contributed by atoms with Crippen molar-refractivity contribution in [3.8, 4) is 0 Å². The second-order valence-electron chi connectivity index (χ2n) is 11.8. The Bertz CT molecular complexity index is 1190. The molecule has 17 heteroatoms. The van der Waals surface area contributed by atoms with Gasteiger partial charge >= 0.3 is 11.4 Å². The van der Waals surface area contributed by atoms with Gasteiger partial charge in [0.05, 0.1) is 33.3 Å². The Hall–Kier alpha value is -2.49. The molecule has 0 aliphatic carbocycles. The summed E-state index contributed by atoms with van der Waals surface area (Å²) < 4.78 is 11.8. The normalized spacial score (nSPS) is 16.4. The Balaban J connectivity index is 0.000000247. The Morgan fingerprint density at radius 3 is 1.53 bits per heavy atom. The maximum absolute atomic E-state index is 11.1. The van der Waals surface area contributed by atoms with E-state index in [1.807, 2.05) is 25.7 Å². The van der Waals surface area contributed by atoms with Crippen LogP contribution in [0, 0.1) is 20.2 Å². The van der Waals surface area contributed by atoms with Gasteiger partial charge in [-0.25, -0.2) is 19.9 Å². The Labute approximate surface area is 266 Å². The van der Waals surface area contributed by atoms with Gasteiger partial charge in [-0.2, -0.15) is 0 Å². The average molecular weight is 666 g/mol. The highest BCUT2D eigenvalue weighted by molar-refractivity contribution is 6.36. The third-order valence-corrected chi connectivity index (χ3v) is 6.75. The number of nitrogens with one attached hydrogen (secondary N) is 1. The van der Waals surface area contributed by atoms with Gasteiger partial charge in [0.2, 0.25) is 21.3 Å². The minimum Gasteiger partial charge on any atom is -0.373 e. The highest BCUT2D eigenvalue weighted by Crippen LogP contribution is 2.33. The fraction of sp³-hybridized carbons (Fsp3) is 0.692. The minimum absolute atomic E-state index is 0.0298. The molecule has 14 nitrogen and oxygen atoms in total. The predicted molar refractivity (Wildman–Crippen MR) is 165 cm³/mol. The fourth-order valence-electron chi connectivity index (χ4n) is 4.32. The van der Waals surface area contributed by atoms with Crippen LogP contribution in [0.2, 0.25) is 15.5 Å². The van der Waals surface area contributed by atoms with E-state index in [4.69, 9.17) is 44.3 Å². The topological polar surface area (TPSA) is 172 Å². The first kappa shape index (κ1) is 36.7. The van der Waals surface area contributed by atoms with Crippen molar-refractivity contribution in [1.82, 2.24) is 25.3 Å². The zero-order chi connectivity index (χ0) is 32.4. The molecule has 0 amide bonds. The molecule has 0 spiro atoms. The van der Waals surface area contributed by atoms with Gasteiger partial charge in [0.15, 0.2) is 0 Å². The third kappa shape index (κ3) is 13.0. The summed E-state index contributed by atoms with van der Waals surface area (Å²) in [5.74, 6) is 0.286. The minimum atomic E-state index is -0.731. The van der Waals surface area contributed by atoms with Gasteiger partial charge in [0.25, 0.3) is 0 Å². The van der Waals surface area contributed by atoms with E-state index in [-0.39, 0.29) is 44.3 Å². The summed E-state index contributed by atoms with van der Waals surface area (Å²) in [6.07, 6.45) is 6.88. The van der Waals surface area contributed by atoms with Crippen molar-refractivity contribution in [2.75, 3.05) is 31.1 Å². The number of piperidine rings is 2. The molecule has 0 aromatic carbocycles. The molecule has 4 rings (SSSR count). The lowest BCUT2D eigenvalue weighted by molar-refractivity contribution is -0.385. The van der Waals surface area contributed by atoms with Crippen LogP contribution in [0.15, 0.2) is 12.7 Å². The average Bonchev–Trinajstić information content (AvgIpc) is 2.88. The number of nitrogens with zero attached hydrogens (tertiary/aromatic N) is 7. The molecule has 0 unspecified atom stereocenters. The summed E-state index contributed by atoms with van der Waals surface area (Å²) in [6.45, 7) is 15.9. The van der Waals surface area contributed by atoms with Crippen molar-refractivity contribution in [1.29, 1.82) is 0 Å². The fourth-order valence-corrected chi connectivity index (χ4v) is 4.97. The first-order chi connectivity index (χ1) is 20.0. The molecule has 1 N–H and O–H groups in total. The lowest BCUT2D eigenvalue weighted by Gasteiger charge is -2.35. The third-order valence-electron chi connectivity index (χ3n) is 5.92. The molecule has 2 aliphatic heterocycles. The Morgan fingerprint density at radius 2 is 1.14 bits per heavy atom. The molecule has 0 saturated carbocycles. The molecule has 0 bridgehead atoms. The van der Waals surface area contributed by atoms with Crippen molar-refractivity contribution >= 4 is 52.0 Å². The lowest BCUT2D eigenvalue weighted by Crippen LogP contribution is -2.40. The smallest absolute Gasteiger partial charge is 0.348 e. The predicted octanol–water partition coefficient (Wildman–Crippen LogP) is 6.07. The van der Waals surface area contributed by atoms with Crippen LogP contribution in [0.25, 0.3) is 0 Å². The zero-order valence-corrected chi connectivity index (χ0v) is 27.4. The number of aromatic nitrogens is 4. The Kier molecular flexibility index (Phi) is 14.1. The van der Waals surface area contributed by atoms with Crippen molar-refractivity contribution in [2.24, 2.45) is 0 Å². The molecule has 240 valence electrons. The summed E-state index contributed by atoms with van der Waals surface area (Å²) in [5, 5.41) is 24.0. The van der Waals surface area contributed by atoms with Gasteiger partial charge in [-0.3, -0.25) is 20.2 Å². The number of anilines is 1. The first-order valence-corrected chi connectivity index (χ1v) is 14.9. The van der Waals surface area contributed by atoms with Gasteiger partial charge in [0, 0.05) is 13.1 Å². The summed E-state index contributed by atoms with van der Waals surface area (Å²) in [4.78, 5) is 36.4. The van der Waals surface area contributed by atoms with Gasteiger partial charge in [-0.1, -0.05) is 34.8 Å². The molecule has 2 aliphatic rings. The molecular weight excluding hydrogens is 627 g/mol. The van der Waals surface area contributed by atoms with Crippen molar-refractivity contribution in [2.45, 2.75) is 90.6 Å². The Morgan fingerprint density at radius 1 is 0.744 bits per heavy atom. The van der Waals surface area contributed by atoms with E-state index in [0.29, 0.717) is 19.2 Å². The molecule has 2 aromatic rings. The molecule has 0 atom stereocenters. The van der Waals surface area contributed by atoms with E-state index >= 15 is 0 Å². The zero-order valence-electron chi connectivity index (χ0n) is 25.2. The van der Waals surface area contributed by atoms with Crippen LogP contribution in [0.1, 0.15) is 67.2 Å². The number of rotatable bonds is 5. The standard InChI is InChI=1S/C13H19ClN4O3.C9H19NO.C4HCl2N3O2/c1-13(2,3)21-9-4-6-17(7-5-9)12-10(18(19)20)11(14)15-8-16-12;1-9(2,3)11-8-4-6-10-7-5-8;5-3-2(9(10)11)4(6)8-1-7-3/h8-9H,4-7H2,1-3H3;8,10H,4-7H2,1-3H3;1H. The van der Waals surface area contributed by atoms with E-state index in [1.54, 1.807) is 0 Å². The van der Waals surface area contributed by atoms with Gasteiger partial charge < -0.3 is 19.7 Å². The highest BCUT2D eigenvalue weighted by Gasteiger charge is 2.30. The first-order valence-electron chi connectivity index (χ1n) is 13.7. The molecule has 2 saturated heterocycles. The van der Waals surface area contributed by atoms with Crippen LogP contribution in [-0.2, 0) is 9.47 Å². The van der Waals surface area contributed by atoms with Crippen molar-refractivity contribution < 1.29 is 19.3 Å². The highest BCUT2D eigenvalue weighted by atomic mass is 35.5. The van der Waals surface area contributed by atoms with Crippen LogP contribution < -0.4 is 10.2 Å². The number of ether oxygens (including phenoxy) is 2. The van der Waals surface area contributed by atoms with Crippen LogP contribution in [0.4, 0.5) is 17.2 Å². The van der Waals surface area contributed by atoms with E-state index in [2.05, 4.69) is 46.0 Å². The SMILES string of the molecule is CC(C)(C)OC1CCN(c2ncnc(Cl)c2[N+](=O)[O-])CC1.CC(C)(C)OC1CCNCC1.O=[N+]([O-])c1c(Cl)ncnc1Cl. The summed E-state index contributed by atoms with van der Waals surface area (Å²) in [7, 11) is 0. The number of hydrogen-bond donors (Lipinski definition) is 1. The van der Waals surface area contributed by atoms with Crippen molar-refractivity contribution in [3.63, 3.8) is 0 Å². The number of hydrogen-bond acceptors (Lipinski definition) is 12. The molecule has 2 aromatic heterocycles. The largest absolute Gasteiger partial charge is 0.373 e. The molecule has 2 fully saturated rings. The number of nitro groups is 2. The second kappa shape index (κ2) is 16.5. The monoisotopic (exact) mass is 664 g/mol. The van der Waals surface area contributed by atoms with E-state index in [1.165, 1.54) is 6.33 Å². The summed E-state index contributed by atoms with van der Waals surface area (Å²) in [6, 6.07) is 0. The van der Waals surface area contributed by atoms with Gasteiger partial charge in [-0.05, 0) is 80.3 Å². The van der Waals surface area contributed by atoms with Gasteiger partial charge in [-0.15, -0.1) is 0 Å².